The van der Waals surface area contributed by atoms with Gasteiger partial charge in [0.15, 0.2) is 5.60 Å². The van der Waals surface area contributed by atoms with Gasteiger partial charge in [-0.25, -0.2) is 8.78 Å². The average molecular weight is 641 g/mol. The van der Waals surface area contributed by atoms with Crippen LogP contribution in [0.2, 0.25) is 0 Å². The first-order valence-electron chi connectivity index (χ1n) is 15.2. The lowest BCUT2D eigenvalue weighted by molar-refractivity contribution is 0.163. The molecule has 0 spiro atoms. The number of hydrogen-bond donors (Lipinski definition) is 0. The van der Waals surface area contributed by atoms with E-state index in [2.05, 4.69) is 92.9 Å². The van der Waals surface area contributed by atoms with Gasteiger partial charge in [-0.3, -0.25) is 0 Å². The fraction of sp³-hybridized carbons (Fsp3) is 0.122. The summed E-state index contributed by atoms with van der Waals surface area (Å²) in [6.45, 7) is 4.26. The highest BCUT2D eigenvalue weighted by Gasteiger charge is 2.44. The smallest absolute Gasteiger partial charge is 0.178 e. The molecule has 0 saturated heterocycles. The largest absolute Gasteiger partial charge is 0.472 e. The van der Waals surface area contributed by atoms with Gasteiger partial charge in [0, 0.05) is 42.2 Å². The van der Waals surface area contributed by atoms with E-state index < -0.39 is 11.0 Å². The zero-order valence-corrected chi connectivity index (χ0v) is 27.2. The second-order valence-corrected chi connectivity index (χ2v) is 14.4. The maximum Gasteiger partial charge on any atom is 0.178 e. The van der Waals surface area contributed by atoms with Crippen LogP contribution in [0.3, 0.4) is 0 Å². The summed E-state index contributed by atoms with van der Waals surface area (Å²) in [6.07, 6.45) is 6.34. The van der Waals surface area contributed by atoms with E-state index in [-0.39, 0.29) is 11.6 Å². The molecule has 1 unspecified atom stereocenters. The van der Waals surface area contributed by atoms with Crippen LogP contribution in [0.15, 0.2) is 136 Å². The fourth-order valence-electron chi connectivity index (χ4n) is 7.14. The van der Waals surface area contributed by atoms with E-state index in [0.717, 1.165) is 54.1 Å². The summed E-state index contributed by atoms with van der Waals surface area (Å²) in [5.74, 6) is 0.0348. The summed E-state index contributed by atoms with van der Waals surface area (Å²) in [5, 5.41) is 1.59. The summed E-state index contributed by atoms with van der Waals surface area (Å²) in [6, 6.07) is 37.2. The van der Waals surface area contributed by atoms with Crippen LogP contribution in [0, 0.1) is 11.6 Å². The molecule has 1 nitrogen and oxygen atoms in total. The van der Waals surface area contributed by atoms with Gasteiger partial charge >= 0.3 is 0 Å². The number of hydrogen-bond acceptors (Lipinski definition) is 3. The highest BCUT2D eigenvalue weighted by Crippen LogP contribution is 2.58. The molecular weight excluding hydrogens is 611 g/mol. The van der Waals surface area contributed by atoms with Gasteiger partial charge in [-0.05, 0) is 101 Å². The number of thioether (sulfide) groups is 1. The van der Waals surface area contributed by atoms with E-state index >= 15 is 4.39 Å². The average Bonchev–Trinajstić information content (AvgIpc) is 3.31. The normalized spacial score (nSPS) is 17.3. The lowest BCUT2D eigenvalue weighted by Crippen LogP contribution is -2.35. The molecule has 0 fully saturated rings. The Kier molecular flexibility index (Phi) is 6.89. The van der Waals surface area contributed by atoms with Crippen molar-refractivity contribution in [1.29, 1.82) is 0 Å². The van der Waals surface area contributed by atoms with Crippen molar-refractivity contribution < 1.29 is 13.5 Å². The zero-order valence-electron chi connectivity index (χ0n) is 25.6. The van der Waals surface area contributed by atoms with Gasteiger partial charge in [0.25, 0.3) is 0 Å². The third-order valence-electron chi connectivity index (χ3n) is 9.34. The van der Waals surface area contributed by atoms with E-state index in [0.29, 0.717) is 11.1 Å². The molecule has 1 aliphatic heterocycles. The molecule has 1 aliphatic carbocycles. The van der Waals surface area contributed by atoms with Gasteiger partial charge in [-0.1, -0.05) is 86.3 Å². The Morgan fingerprint density at radius 1 is 0.652 bits per heavy atom. The molecular formula is C41H30F2OS2. The standard InChI is InChI=1S/C41H30F2OS2/c1-40(2)36-24-28(43)14-20-33(36)37-32-19-13-27(42)23-35(32)39-34(38(37)40)21-22-41(44-39,25-9-15-29(45-3)16-10-25)26-11-17-31(18-12-26)46-30-7-5-4-6-8-30/h4-24H,1-3H3. The van der Waals surface area contributed by atoms with Crippen molar-refractivity contribution in [2.75, 3.05) is 6.26 Å². The van der Waals surface area contributed by atoms with Crippen molar-refractivity contribution in [1.82, 2.24) is 0 Å². The Labute approximate surface area is 276 Å². The molecule has 0 radical (unpaired) electrons. The lowest BCUT2D eigenvalue weighted by Gasteiger charge is -2.38. The van der Waals surface area contributed by atoms with Gasteiger partial charge < -0.3 is 4.74 Å². The van der Waals surface area contributed by atoms with Gasteiger partial charge in [0.05, 0.1) is 0 Å². The van der Waals surface area contributed by atoms with E-state index in [1.807, 2.05) is 30.3 Å². The zero-order chi connectivity index (χ0) is 31.6. The van der Waals surface area contributed by atoms with Crippen molar-refractivity contribution in [3.8, 4) is 16.9 Å². The third kappa shape index (κ3) is 4.51. The molecule has 0 aromatic heterocycles. The van der Waals surface area contributed by atoms with E-state index in [1.54, 1.807) is 35.7 Å². The third-order valence-corrected chi connectivity index (χ3v) is 11.1. The van der Waals surface area contributed by atoms with E-state index in [4.69, 9.17) is 4.74 Å². The molecule has 2 aliphatic rings. The Balaban J connectivity index is 1.35. The van der Waals surface area contributed by atoms with Crippen molar-refractivity contribution in [2.45, 2.75) is 39.5 Å². The number of benzene rings is 6. The molecule has 8 rings (SSSR count). The summed E-state index contributed by atoms with van der Waals surface area (Å²) >= 11 is 3.40. The molecule has 1 heterocycles. The van der Waals surface area contributed by atoms with Crippen LogP contribution in [0.1, 0.15) is 41.7 Å². The van der Waals surface area contributed by atoms with Crippen LogP contribution in [0.4, 0.5) is 8.78 Å². The first-order chi connectivity index (χ1) is 22.3. The first kappa shape index (κ1) is 29.1. The number of ether oxygens (including phenoxy) is 1. The maximum absolute atomic E-state index is 15.1. The van der Waals surface area contributed by atoms with Gasteiger partial charge in [-0.2, -0.15) is 0 Å². The minimum absolute atomic E-state index is 0.266. The van der Waals surface area contributed by atoms with E-state index in [9.17, 15) is 4.39 Å². The van der Waals surface area contributed by atoms with E-state index in [1.165, 1.54) is 17.0 Å². The molecule has 226 valence electrons. The summed E-state index contributed by atoms with van der Waals surface area (Å²) in [5.41, 5.74) is 5.38. The van der Waals surface area contributed by atoms with Crippen molar-refractivity contribution in [3.05, 3.63) is 161 Å². The minimum atomic E-state index is -0.963. The molecule has 0 bridgehead atoms. The van der Waals surface area contributed by atoms with Crippen molar-refractivity contribution in [2.24, 2.45) is 0 Å². The summed E-state index contributed by atoms with van der Waals surface area (Å²) in [7, 11) is 0. The van der Waals surface area contributed by atoms with Crippen LogP contribution < -0.4 is 4.74 Å². The number of fused-ring (bicyclic) bond motifs is 8. The van der Waals surface area contributed by atoms with Crippen LogP contribution in [-0.2, 0) is 11.0 Å². The lowest BCUT2D eigenvalue weighted by atomic mass is 9.77. The van der Waals surface area contributed by atoms with Crippen molar-refractivity contribution in [3.63, 3.8) is 0 Å². The number of halogens is 2. The second kappa shape index (κ2) is 10.9. The Hall–Kier alpha value is -4.32. The van der Waals surface area contributed by atoms with Crippen LogP contribution in [-0.4, -0.2) is 6.26 Å². The van der Waals surface area contributed by atoms with Crippen LogP contribution >= 0.6 is 23.5 Å². The van der Waals surface area contributed by atoms with Gasteiger partial charge in [0.1, 0.15) is 17.4 Å². The first-order valence-corrected chi connectivity index (χ1v) is 17.3. The second-order valence-electron chi connectivity index (χ2n) is 12.3. The highest BCUT2D eigenvalue weighted by molar-refractivity contribution is 7.99. The van der Waals surface area contributed by atoms with Gasteiger partial charge in [0.2, 0.25) is 0 Å². The Morgan fingerprint density at radius 2 is 1.28 bits per heavy atom. The molecule has 0 N–H and O–H groups in total. The molecule has 0 amide bonds. The maximum atomic E-state index is 15.1. The molecule has 1 atom stereocenters. The Morgan fingerprint density at radius 3 is 1.98 bits per heavy atom. The number of rotatable bonds is 5. The highest BCUT2D eigenvalue weighted by atomic mass is 32.2. The minimum Gasteiger partial charge on any atom is -0.472 e. The molecule has 6 aromatic rings. The summed E-state index contributed by atoms with van der Waals surface area (Å²) < 4.78 is 37.0. The predicted molar refractivity (Wildman–Crippen MR) is 187 cm³/mol. The molecule has 0 saturated carbocycles. The fourth-order valence-corrected chi connectivity index (χ4v) is 8.39. The van der Waals surface area contributed by atoms with Gasteiger partial charge in [-0.15, -0.1) is 11.8 Å². The molecule has 5 heteroatoms. The van der Waals surface area contributed by atoms with Crippen LogP contribution in [0.5, 0.6) is 5.75 Å². The predicted octanol–water partition coefficient (Wildman–Crippen LogP) is 11.6. The molecule has 46 heavy (non-hydrogen) atoms. The molecule has 6 aromatic carbocycles. The summed E-state index contributed by atoms with van der Waals surface area (Å²) in [4.78, 5) is 3.46. The quantitative estimate of drug-likeness (QED) is 0.174. The monoisotopic (exact) mass is 640 g/mol. The van der Waals surface area contributed by atoms with Crippen molar-refractivity contribution >= 4 is 40.4 Å². The topological polar surface area (TPSA) is 9.23 Å². The Bertz CT molecular complexity index is 2170. The SMILES string of the molecule is CSc1ccc(C2(c3ccc(Sc4ccccc4)cc3)C=Cc3c4c(c5ccc(F)cc5c3O2)-c2ccc(F)cc2C4(C)C)cc1. The van der Waals surface area contributed by atoms with Crippen LogP contribution in [0.25, 0.3) is 28.0 Å².